The topological polar surface area (TPSA) is 98.6 Å². The van der Waals surface area contributed by atoms with Crippen LogP contribution in [0.5, 0.6) is 11.5 Å². The average molecular weight is 276 g/mol. The van der Waals surface area contributed by atoms with E-state index in [4.69, 9.17) is 9.26 Å². The van der Waals surface area contributed by atoms with Crippen LogP contribution in [0.2, 0.25) is 0 Å². The third kappa shape index (κ3) is 2.61. The normalized spacial score (nSPS) is 10.9. The van der Waals surface area contributed by atoms with Gasteiger partial charge in [0.05, 0.1) is 12.0 Å². The van der Waals surface area contributed by atoms with Crippen LogP contribution in [-0.4, -0.2) is 22.3 Å². The van der Waals surface area contributed by atoms with Gasteiger partial charge in [0.25, 0.3) is 0 Å². The Kier molecular flexibility index (Phi) is 3.69. The summed E-state index contributed by atoms with van der Waals surface area (Å²) in [4.78, 5) is 10.3. The van der Waals surface area contributed by atoms with Crippen molar-refractivity contribution in [2.24, 2.45) is 0 Å². The van der Waals surface area contributed by atoms with Crippen molar-refractivity contribution in [3.8, 4) is 11.5 Å². The van der Waals surface area contributed by atoms with Gasteiger partial charge < -0.3 is 14.4 Å². The van der Waals surface area contributed by atoms with Crippen LogP contribution in [0, 0.1) is 17.0 Å². The van der Waals surface area contributed by atoms with Gasteiger partial charge in [-0.2, -0.15) is 0 Å². The maximum absolute atomic E-state index is 10.9. The van der Waals surface area contributed by atoms with Gasteiger partial charge in [0.1, 0.15) is 11.5 Å². The number of methoxy groups -OCH3 is 1. The number of aromatic nitrogens is 1. The molecule has 0 saturated heterocycles. The van der Waals surface area contributed by atoms with Gasteiger partial charge in [0.2, 0.25) is 5.76 Å². The molecule has 0 spiro atoms. The number of phenols is 1. The molecule has 0 aliphatic rings. The van der Waals surface area contributed by atoms with Crippen molar-refractivity contribution in [2.45, 2.75) is 6.92 Å². The Morgan fingerprint density at radius 3 is 2.85 bits per heavy atom. The minimum Gasteiger partial charge on any atom is -0.507 e. The second-order valence-corrected chi connectivity index (χ2v) is 4.00. The van der Waals surface area contributed by atoms with Crippen molar-refractivity contribution in [1.29, 1.82) is 0 Å². The third-order valence-electron chi connectivity index (χ3n) is 2.69. The molecular weight excluding hydrogens is 264 g/mol. The van der Waals surface area contributed by atoms with Crippen LogP contribution in [0.3, 0.4) is 0 Å². The van der Waals surface area contributed by atoms with Crippen molar-refractivity contribution in [3.63, 3.8) is 0 Å². The number of nitrogens with zero attached hydrogens (tertiary/aromatic N) is 2. The Morgan fingerprint density at radius 2 is 2.20 bits per heavy atom. The molecule has 1 aromatic carbocycles. The highest BCUT2D eigenvalue weighted by atomic mass is 16.6. The van der Waals surface area contributed by atoms with Gasteiger partial charge in [0, 0.05) is 5.56 Å². The van der Waals surface area contributed by atoms with E-state index >= 15 is 0 Å². The quantitative estimate of drug-likeness (QED) is 0.681. The molecule has 20 heavy (non-hydrogen) atoms. The van der Waals surface area contributed by atoms with Crippen LogP contribution in [0.15, 0.2) is 22.7 Å². The Balaban J connectivity index is 2.37. The van der Waals surface area contributed by atoms with E-state index in [2.05, 4.69) is 5.16 Å². The predicted molar refractivity (Wildman–Crippen MR) is 71.5 cm³/mol. The highest BCUT2D eigenvalue weighted by molar-refractivity contribution is 5.74. The molecule has 7 nitrogen and oxygen atoms in total. The summed E-state index contributed by atoms with van der Waals surface area (Å²) in [5.41, 5.74) is 0.459. The van der Waals surface area contributed by atoms with Crippen molar-refractivity contribution in [1.82, 2.24) is 5.16 Å². The van der Waals surface area contributed by atoms with Gasteiger partial charge >= 0.3 is 5.69 Å². The first kappa shape index (κ1) is 13.6. The second-order valence-electron chi connectivity index (χ2n) is 4.00. The fourth-order valence-corrected chi connectivity index (χ4v) is 1.67. The molecule has 0 radical (unpaired) electrons. The first-order valence-corrected chi connectivity index (χ1v) is 5.68. The zero-order valence-corrected chi connectivity index (χ0v) is 10.9. The minimum absolute atomic E-state index is 0.0229. The van der Waals surface area contributed by atoms with Crippen LogP contribution in [0.25, 0.3) is 12.2 Å². The molecule has 0 saturated carbocycles. The number of ether oxygens (including phenoxy) is 1. The monoisotopic (exact) mass is 276 g/mol. The van der Waals surface area contributed by atoms with Crippen LogP contribution >= 0.6 is 0 Å². The number of nitro groups is 1. The molecule has 1 heterocycles. The lowest BCUT2D eigenvalue weighted by molar-refractivity contribution is -0.386. The molecular formula is C13H12N2O5. The first-order valence-electron chi connectivity index (χ1n) is 5.68. The summed E-state index contributed by atoms with van der Waals surface area (Å²) in [5.74, 6) is 0.612. The van der Waals surface area contributed by atoms with Gasteiger partial charge in [-0.1, -0.05) is 5.16 Å². The maximum atomic E-state index is 10.9. The molecule has 104 valence electrons. The number of aryl methyl sites for hydroxylation is 1. The summed E-state index contributed by atoms with van der Waals surface area (Å²) in [5, 5.41) is 24.1. The number of rotatable bonds is 4. The zero-order chi connectivity index (χ0) is 14.7. The van der Waals surface area contributed by atoms with E-state index in [-0.39, 0.29) is 22.9 Å². The van der Waals surface area contributed by atoms with Crippen molar-refractivity contribution < 1.29 is 19.3 Å². The average Bonchev–Trinajstić information content (AvgIpc) is 2.79. The van der Waals surface area contributed by atoms with Gasteiger partial charge in [-0.3, -0.25) is 10.1 Å². The number of hydrogen-bond acceptors (Lipinski definition) is 6. The summed E-state index contributed by atoms with van der Waals surface area (Å²) < 4.78 is 9.92. The minimum atomic E-state index is -0.559. The molecule has 7 heteroatoms. The summed E-state index contributed by atoms with van der Waals surface area (Å²) in [6, 6.07) is 4.67. The molecule has 0 amide bonds. The lowest BCUT2D eigenvalue weighted by Gasteiger charge is -2.02. The van der Waals surface area contributed by atoms with Crippen LogP contribution in [-0.2, 0) is 0 Å². The highest BCUT2D eigenvalue weighted by Gasteiger charge is 2.21. The molecule has 0 aliphatic carbocycles. The fraction of sp³-hybridized carbons (Fsp3) is 0.154. The smallest absolute Gasteiger partial charge is 0.338 e. The standard InChI is InChI=1S/C13H12N2O5/c1-8-13(15(17)18)12(20-14-8)6-3-9-7-10(19-2)4-5-11(9)16/h3-7,16H,1-2H3. The summed E-state index contributed by atoms with van der Waals surface area (Å²) in [6.45, 7) is 1.49. The van der Waals surface area contributed by atoms with Crippen molar-refractivity contribution in [3.05, 3.63) is 45.3 Å². The number of benzene rings is 1. The second kappa shape index (κ2) is 5.43. The van der Waals surface area contributed by atoms with Gasteiger partial charge in [0.15, 0.2) is 5.69 Å². The highest BCUT2D eigenvalue weighted by Crippen LogP contribution is 2.28. The molecule has 1 N–H and O–H groups in total. The Hall–Kier alpha value is -2.83. The van der Waals surface area contributed by atoms with E-state index in [1.54, 1.807) is 12.1 Å². The van der Waals surface area contributed by atoms with E-state index in [0.717, 1.165) is 0 Å². The van der Waals surface area contributed by atoms with Gasteiger partial charge in [-0.25, -0.2) is 0 Å². The van der Waals surface area contributed by atoms with Crippen LogP contribution in [0.4, 0.5) is 5.69 Å². The summed E-state index contributed by atoms with van der Waals surface area (Å²) in [7, 11) is 1.50. The summed E-state index contributed by atoms with van der Waals surface area (Å²) in [6.07, 6.45) is 2.87. The lowest BCUT2D eigenvalue weighted by atomic mass is 10.1. The van der Waals surface area contributed by atoms with Gasteiger partial charge in [-0.05, 0) is 37.3 Å². The molecule has 0 fully saturated rings. The molecule has 0 bridgehead atoms. The van der Waals surface area contributed by atoms with Crippen LogP contribution < -0.4 is 4.74 Å². The Morgan fingerprint density at radius 1 is 1.45 bits per heavy atom. The van der Waals surface area contributed by atoms with Crippen molar-refractivity contribution in [2.75, 3.05) is 7.11 Å². The summed E-state index contributed by atoms with van der Waals surface area (Å²) >= 11 is 0. The number of aromatic hydroxyl groups is 1. The van der Waals surface area contributed by atoms with E-state index in [1.165, 1.54) is 32.3 Å². The first-order chi connectivity index (χ1) is 9.52. The number of phenolic OH excluding ortho intramolecular Hbond substituents is 1. The Bertz CT molecular complexity index is 675. The number of hydrogen-bond donors (Lipinski definition) is 1. The van der Waals surface area contributed by atoms with Crippen LogP contribution in [0.1, 0.15) is 17.0 Å². The largest absolute Gasteiger partial charge is 0.507 e. The predicted octanol–water partition coefficient (Wildman–Crippen LogP) is 2.78. The molecule has 0 atom stereocenters. The lowest BCUT2D eigenvalue weighted by Crippen LogP contribution is -1.90. The van der Waals surface area contributed by atoms with E-state index < -0.39 is 4.92 Å². The zero-order valence-electron chi connectivity index (χ0n) is 10.9. The fourth-order valence-electron chi connectivity index (χ4n) is 1.67. The van der Waals surface area contributed by atoms with E-state index in [0.29, 0.717) is 11.3 Å². The molecule has 2 rings (SSSR count). The SMILES string of the molecule is COc1ccc(O)c(C=Cc2onc(C)c2[N+](=O)[O-])c1. The molecule has 1 aromatic heterocycles. The van der Waals surface area contributed by atoms with Crippen molar-refractivity contribution >= 4 is 17.8 Å². The van der Waals surface area contributed by atoms with E-state index in [1.807, 2.05) is 0 Å². The molecule has 0 unspecified atom stereocenters. The molecule has 0 aliphatic heterocycles. The Labute approximate surface area is 114 Å². The van der Waals surface area contributed by atoms with Gasteiger partial charge in [-0.15, -0.1) is 0 Å². The maximum Gasteiger partial charge on any atom is 0.338 e. The third-order valence-corrected chi connectivity index (χ3v) is 2.69. The van der Waals surface area contributed by atoms with E-state index in [9.17, 15) is 15.2 Å². The molecule has 2 aromatic rings.